The molecule has 0 amide bonds. The molecule has 0 bridgehead atoms. The molecule has 0 radical (unpaired) electrons. The van der Waals surface area contributed by atoms with Crippen molar-refractivity contribution < 1.29 is 0 Å². The van der Waals surface area contributed by atoms with E-state index >= 15 is 0 Å². The minimum absolute atomic E-state index is 0.242. The molecule has 0 unspecified atom stereocenters. The summed E-state index contributed by atoms with van der Waals surface area (Å²) in [6, 6.07) is 41.9. The average molecular weight is 545 g/mol. The molecular weight excluding hydrogens is 520 g/mol. The summed E-state index contributed by atoms with van der Waals surface area (Å²) in [5, 5.41) is 0.530. The minimum atomic E-state index is -0.350. The highest BCUT2D eigenvalue weighted by Crippen LogP contribution is 2.63. The zero-order valence-electron chi connectivity index (χ0n) is 22.7. The van der Waals surface area contributed by atoms with Crippen LogP contribution in [0, 0.1) is 0 Å². The normalized spacial score (nSPS) is 15.6. The predicted octanol–water partition coefficient (Wildman–Crippen LogP) is 9.45. The minimum Gasteiger partial charge on any atom is -0.228 e. The van der Waals surface area contributed by atoms with Gasteiger partial charge in [0.05, 0.1) is 11.1 Å². The molecule has 0 N–H and O–H groups in total. The van der Waals surface area contributed by atoms with Crippen molar-refractivity contribution in [1.29, 1.82) is 0 Å². The number of hydrogen-bond donors (Lipinski definition) is 0. The highest BCUT2D eigenvalue weighted by atomic mass is 35.5. The van der Waals surface area contributed by atoms with Crippen molar-refractivity contribution in [2.24, 2.45) is 0 Å². The Bertz CT molecular complexity index is 2060. The highest BCUT2D eigenvalue weighted by molar-refractivity contribution is 6.31. The van der Waals surface area contributed by atoms with Gasteiger partial charge in [-0.15, -0.1) is 0 Å². The molecule has 1 spiro atoms. The summed E-state index contributed by atoms with van der Waals surface area (Å²) in [6.07, 6.45) is 0. The standard InChI is InChI=1S/C38H25ClN2/c1-37(2)28-15-7-6-14-26(28)34-33(37)35(39)41-36(40-34)22-19-20-32-27(21-22)25-13-5-10-18-31(25)38(32)29-16-8-3-11-23(29)24-12-4-9-17-30(24)38/h3-21H,1-2H3. The Balaban J connectivity index is 1.30. The van der Waals surface area contributed by atoms with Gasteiger partial charge in [0.15, 0.2) is 5.82 Å². The first-order valence-corrected chi connectivity index (χ1v) is 14.5. The molecule has 41 heavy (non-hydrogen) atoms. The second kappa shape index (κ2) is 7.81. The molecule has 9 rings (SSSR count). The lowest BCUT2D eigenvalue weighted by molar-refractivity contribution is 0.656. The molecule has 2 nitrogen and oxygen atoms in total. The number of fused-ring (bicyclic) bond motifs is 13. The van der Waals surface area contributed by atoms with Crippen molar-refractivity contribution in [2.45, 2.75) is 24.7 Å². The zero-order chi connectivity index (χ0) is 27.5. The Morgan fingerprint density at radius 2 is 1.00 bits per heavy atom. The van der Waals surface area contributed by atoms with Gasteiger partial charge < -0.3 is 0 Å². The fourth-order valence-electron chi connectivity index (χ4n) is 7.92. The summed E-state index contributed by atoms with van der Waals surface area (Å²) >= 11 is 6.96. The van der Waals surface area contributed by atoms with Crippen LogP contribution in [0.2, 0.25) is 5.15 Å². The first-order valence-electron chi connectivity index (χ1n) is 14.1. The van der Waals surface area contributed by atoms with Gasteiger partial charge in [0.1, 0.15) is 5.15 Å². The van der Waals surface area contributed by atoms with E-state index in [-0.39, 0.29) is 10.8 Å². The summed E-state index contributed by atoms with van der Waals surface area (Å²) in [7, 11) is 0. The predicted molar refractivity (Wildman–Crippen MR) is 166 cm³/mol. The van der Waals surface area contributed by atoms with Crippen molar-refractivity contribution in [2.75, 3.05) is 0 Å². The fraction of sp³-hybridized carbons (Fsp3) is 0.105. The van der Waals surface area contributed by atoms with Crippen molar-refractivity contribution in [1.82, 2.24) is 9.97 Å². The molecule has 6 aromatic rings. The molecule has 0 fully saturated rings. The maximum Gasteiger partial charge on any atom is 0.161 e. The molecule has 1 aromatic heterocycles. The Morgan fingerprint density at radius 3 is 1.61 bits per heavy atom. The van der Waals surface area contributed by atoms with Gasteiger partial charge >= 0.3 is 0 Å². The van der Waals surface area contributed by atoms with Crippen LogP contribution in [0.3, 0.4) is 0 Å². The van der Waals surface area contributed by atoms with E-state index in [9.17, 15) is 0 Å². The zero-order valence-corrected chi connectivity index (χ0v) is 23.5. The van der Waals surface area contributed by atoms with Crippen LogP contribution in [0.5, 0.6) is 0 Å². The molecule has 0 aliphatic heterocycles. The van der Waals surface area contributed by atoms with Crippen molar-refractivity contribution in [3.05, 3.63) is 154 Å². The fourth-order valence-corrected chi connectivity index (χ4v) is 8.32. The SMILES string of the molecule is CC1(C)c2ccccc2-c2nc(-c3ccc4c(c3)-c3ccccc3C43c4ccccc4-c4ccccc43)nc(Cl)c21. The lowest BCUT2D eigenvalue weighted by Crippen LogP contribution is -2.25. The van der Waals surface area contributed by atoms with E-state index < -0.39 is 0 Å². The summed E-state index contributed by atoms with van der Waals surface area (Å²) in [5.41, 5.74) is 15.1. The number of hydrogen-bond acceptors (Lipinski definition) is 2. The number of nitrogens with zero attached hydrogens (tertiary/aromatic N) is 2. The van der Waals surface area contributed by atoms with Crippen molar-refractivity contribution in [3.8, 4) is 44.9 Å². The first-order chi connectivity index (χ1) is 20.0. The Hall–Kier alpha value is -4.53. The van der Waals surface area contributed by atoms with Gasteiger partial charge in [0.2, 0.25) is 0 Å². The van der Waals surface area contributed by atoms with E-state index in [4.69, 9.17) is 21.6 Å². The quantitative estimate of drug-likeness (QED) is 0.192. The third-order valence-electron chi connectivity index (χ3n) is 9.60. The van der Waals surface area contributed by atoms with Gasteiger partial charge in [-0.05, 0) is 56.1 Å². The van der Waals surface area contributed by atoms with Gasteiger partial charge in [-0.2, -0.15) is 0 Å². The molecule has 5 aromatic carbocycles. The number of benzene rings is 5. The molecule has 0 saturated carbocycles. The Kier molecular flexibility index (Phi) is 4.42. The number of aromatic nitrogens is 2. The van der Waals surface area contributed by atoms with E-state index in [1.54, 1.807) is 0 Å². The smallest absolute Gasteiger partial charge is 0.161 e. The third kappa shape index (κ3) is 2.74. The van der Waals surface area contributed by atoms with E-state index in [1.165, 1.54) is 50.1 Å². The van der Waals surface area contributed by atoms with E-state index in [0.717, 1.165) is 22.4 Å². The maximum atomic E-state index is 6.96. The van der Waals surface area contributed by atoms with Gasteiger partial charge in [-0.1, -0.05) is 135 Å². The monoisotopic (exact) mass is 544 g/mol. The number of halogens is 1. The van der Waals surface area contributed by atoms with Crippen LogP contribution in [-0.2, 0) is 10.8 Å². The lowest BCUT2D eigenvalue weighted by Gasteiger charge is -2.30. The molecule has 1 heterocycles. The summed E-state index contributed by atoms with van der Waals surface area (Å²) < 4.78 is 0. The molecular formula is C38H25ClN2. The summed E-state index contributed by atoms with van der Waals surface area (Å²) in [5.74, 6) is 0.662. The number of rotatable bonds is 1. The van der Waals surface area contributed by atoms with Crippen LogP contribution in [-0.4, -0.2) is 9.97 Å². The van der Waals surface area contributed by atoms with Crippen LogP contribution < -0.4 is 0 Å². The lowest BCUT2D eigenvalue weighted by atomic mass is 9.70. The van der Waals surface area contributed by atoms with Crippen LogP contribution >= 0.6 is 11.6 Å². The van der Waals surface area contributed by atoms with Crippen molar-refractivity contribution >= 4 is 11.6 Å². The third-order valence-corrected chi connectivity index (χ3v) is 9.87. The van der Waals surface area contributed by atoms with Crippen LogP contribution in [0.4, 0.5) is 0 Å². The van der Waals surface area contributed by atoms with Gasteiger partial charge in [0, 0.05) is 22.1 Å². The maximum absolute atomic E-state index is 6.96. The summed E-state index contributed by atoms with van der Waals surface area (Å²) in [4.78, 5) is 10.1. The molecule has 194 valence electrons. The average Bonchev–Trinajstić information content (AvgIpc) is 3.56. The van der Waals surface area contributed by atoms with E-state index in [0.29, 0.717) is 11.0 Å². The van der Waals surface area contributed by atoms with Crippen molar-refractivity contribution in [3.63, 3.8) is 0 Å². The molecule has 3 aliphatic carbocycles. The molecule has 3 aliphatic rings. The molecule has 3 heteroatoms. The second-order valence-corrected chi connectivity index (χ2v) is 12.2. The van der Waals surface area contributed by atoms with Crippen LogP contribution in [0.1, 0.15) is 47.2 Å². The van der Waals surface area contributed by atoms with E-state index in [1.807, 2.05) is 0 Å². The Labute approximate surface area is 244 Å². The van der Waals surface area contributed by atoms with Gasteiger partial charge in [0.25, 0.3) is 0 Å². The first kappa shape index (κ1) is 23.2. The second-order valence-electron chi connectivity index (χ2n) is 11.9. The largest absolute Gasteiger partial charge is 0.228 e. The summed E-state index contributed by atoms with van der Waals surface area (Å²) in [6.45, 7) is 4.41. The van der Waals surface area contributed by atoms with Gasteiger partial charge in [-0.25, -0.2) is 9.97 Å². The molecule has 0 saturated heterocycles. The Morgan fingerprint density at radius 1 is 0.512 bits per heavy atom. The van der Waals surface area contributed by atoms with Crippen LogP contribution in [0.15, 0.2) is 115 Å². The topological polar surface area (TPSA) is 25.8 Å². The van der Waals surface area contributed by atoms with E-state index in [2.05, 4.69) is 129 Å². The highest BCUT2D eigenvalue weighted by Gasteiger charge is 2.51. The van der Waals surface area contributed by atoms with Crippen LogP contribution in [0.25, 0.3) is 44.9 Å². The molecule has 0 atom stereocenters. The van der Waals surface area contributed by atoms with Gasteiger partial charge in [-0.3, -0.25) is 0 Å².